The number of nitrogens with zero attached hydrogens (tertiary/aromatic N) is 3. The molecule has 0 saturated heterocycles. The number of aliphatic imine (C=N–C) groups is 1. The van der Waals surface area contributed by atoms with Gasteiger partial charge in [0.25, 0.3) is 0 Å². The highest BCUT2D eigenvalue weighted by Crippen LogP contribution is 2.13. The van der Waals surface area contributed by atoms with E-state index in [4.69, 9.17) is 0 Å². The second-order valence-corrected chi connectivity index (χ2v) is 7.44. The molecule has 1 N–H and O–H groups in total. The number of hydrogen-bond donors (Lipinski definition) is 1. The van der Waals surface area contributed by atoms with Crippen molar-refractivity contribution in [3.8, 4) is 18.0 Å². The third-order valence-electron chi connectivity index (χ3n) is 4.49. The number of guanidine groups is 1. The predicted molar refractivity (Wildman–Crippen MR) is 126 cm³/mol. The first-order valence-electron chi connectivity index (χ1n) is 10.3. The van der Waals surface area contributed by atoms with Gasteiger partial charge in [-0.05, 0) is 49.2 Å². The molecule has 0 aromatic heterocycles. The number of nitrogens with one attached hydrogen (secondary N) is 1. The third kappa shape index (κ3) is 7.07. The molecule has 0 fully saturated rings. The average molecular weight is 407 g/mol. The summed E-state index contributed by atoms with van der Waals surface area (Å²) in [5.74, 6) is 7.02. The van der Waals surface area contributed by atoms with Crippen molar-refractivity contribution in [2.75, 3.05) is 0 Å². The van der Waals surface area contributed by atoms with Gasteiger partial charge in [0.15, 0.2) is 6.19 Å². The second-order valence-electron chi connectivity index (χ2n) is 7.44. The molecule has 3 aromatic rings. The second kappa shape index (κ2) is 11.2. The van der Waals surface area contributed by atoms with Gasteiger partial charge in [-0.15, -0.1) is 0 Å². The standard InChI is InChI=1S/C27H26N4/c1-22(2)30-27(29-21-28)31(19-25-12-7-4-8-13-25)20-26-15-9-14-24(18-26)17-16-23-10-5-3-6-11-23/h3-15,18,22H,19-20H2,1-2H3,(H,29,30). The van der Waals surface area contributed by atoms with E-state index in [-0.39, 0.29) is 6.04 Å². The number of nitriles is 1. The van der Waals surface area contributed by atoms with Crippen LogP contribution < -0.4 is 5.32 Å². The highest BCUT2D eigenvalue weighted by atomic mass is 15.3. The molecular weight excluding hydrogens is 380 g/mol. The van der Waals surface area contributed by atoms with Crippen molar-refractivity contribution in [2.24, 2.45) is 4.99 Å². The summed E-state index contributed by atoms with van der Waals surface area (Å²) < 4.78 is 0. The van der Waals surface area contributed by atoms with Gasteiger partial charge in [-0.25, -0.2) is 4.99 Å². The molecule has 0 amide bonds. The molecule has 0 heterocycles. The highest BCUT2D eigenvalue weighted by Gasteiger charge is 2.14. The van der Waals surface area contributed by atoms with E-state index in [1.165, 1.54) is 0 Å². The average Bonchev–Trinajstić information content (AvgIpc) is 2.78. The molecular formula is C27H26N4. The fraction of sp³-hybridized carbons (Fsp3) is 0.185. The van der Waals surface area contributed by atoms with Crippen molar-refractivity contribution in [2.45, 2.75) is 33.0 Å². The van der Waals surface area contributed by atoms with Crippen molar-refractivity contribution in [3.05, 3.63) is 107 Å². The summed E-state index contributed by atoms with van der Waals surface area (Å²) in [6.07, 6.45) is 2.03. The molecule has 31 heavy (non-hydrogen) atoms. The van der Waals surface area contributed by atoms with Crippen LogP contribution in [-0.4, -0.2) is 16.9 Å². The molecule has 0 aliphatic rings. The molecule has 0 atom stereocenters. The van der Waals surface area contributed by atoms with E-state index in [1.807, 2.05) is 80.7 Å². The molecule has 0 spiro atoms. The van der Waals surface area contributed by atoms with Crippen molar-refractivity contribution >= 4 is 5.96 Å². The lowest BCUT2D eigenvalue weighted by molar-refractivity contribution is 0.393. The van der Waals surface area contributed by atoms with Crippen LogP contribution in [0.25, 0.3) is 0 Å². The molecule has 0 aliphatic heterocycles. The molecule has 4 nitrogen and oxygen atoms in total. The minimum Gasteiger partial charge on any atom is -0.334 e. The lowest BCUT2D eigenvalue weighted by Crippen LogP contribution is -2.39. The lowest BCUT2D eigenvalue weighted by atomic mass is 10.1. The quantitative estimate of drug-likeness (QED) is 0.215. The maximum Gasteiger partial charge on any atom is 0.208 e. The monoisotopic (exact) mass is 406 g/mol. The predicted octanol–water partition coefficient (Wildman–Crippen LogP) is 4.92. The van der Waals surface area contributed by atoms with Crippen LogP contribution in [0, 0.1) is 23.3 Å². The zero-order valence-electron chi connectivity index (χ0n) is 17.9. The van der Waals surface area contributed by atoms with Crippen LogP contribution >= 0.6 is 0 Å². The first kappa shape index (κ1) is 21.7. The summed E-state index contributed by atoms with van der Waals surface area (Å²) in [5.41, 5.74) is 4.20. The van der Waals surface area contributed by atoms with Gasteiger partial charge in [0.1, 0.15) is 0 Å². The summed E-state index contributed by atoms with van der Waals surface area (Å²) in [5, 5.41) is 12.0. The van der Waals surface area contributed by atoms with Crippen molar-refractivity contribution < 1.29 is 0 Å². The maximum absolute atomic E-state index is 9.27. The van der Waals surface area contributed by atoms with Crippen LogP contribution in [0.5, 0.6) is 0 Å². The first-order valence-corrected chi connectivity index (χ1v) is 10.3. The highest BCUT2D eigenvalue weighted by molar-refractivity contribution is 5.81. The van der Waals surface area contributed by atoms with Gasteiger partial charge in [0, 0.05) is 30.3 Å². The smallest absolute Gasteiger partial charge is 0.208 e. The molecule has 3 rings (SSSR count). The first-order chi connectivity index (χ1) is 15.1. The third-order valence-corrected chi connectivity index (χ3v) is 4.49. The Morgan fingerprint density at radius 1 is 0.839 bits per heavy atom. The van der Waals surface area contributed by atoms with Gasteiger partial charge < -0.3 is 4.90 Å². The number of rotatable bonds is 5. The van der Waals surface area contributed by atoms with Crippen LogP contribution in [0.2, 0.25) is 0 Å². The van der Waals surface area contributed by atoms with Crippen LogP contribution in [0.1, 0.15) is 36.1 Å². The van der Waals surface area contributed by atoms with Gasteiger partial charge in [0.05, 0.1) is 0 Å². The molecule has 0 radical (unpaired) electrons. The van der Waals surface area contributed by atoms with E-state index in [0.717, 1.165) is 22.3 Å². The van der Waals surface area contributed by atoms with Crippen molar-refractivity contribution in [1.82, 2.24) is 10.2 Å². The molecule has 0 aliphatic carbocycles. The van der Waals surface area contributed by atoms with Gasteiger partial charge in [0.2, 0.25) is 5.96 Å². The Morgan fingerprint density at radius 3 is 2.10 bits per heavy atom. The molecule has 3 aromatic carbocycles. The van der Waals surface area contributed by atoms with Crippen LogP contribution in [-0.2, 0) is 13.1 Å². The normalized spacial score (nSPS) is 10.7. The Morgan fingerprint density at radius 2 is 1.42 bits per heavy atom. The number of hydrogen-bond acceptors (Lipinski definition) is 2. The Labute approximate surface area is 184 Å². The Hall–Kier alpha value is -4.02. The zero-order chi connectivity index (χ0) is 21.9. The van der Waals surface area contributed by atoms with Gasteiger partial charge in [-0.3, -0.25) is 5.32 Å². The van der Waals surface area contributed by atoms with E-state index in [2.05, 4.69) is 51.3 Å². The van der Waals surface area contributed by atoms with E-state index in [1.54, 1.807) is 0 Å². The molecule has 0 bridgehead atoms. The van der Waals surface area contributed by atoms with E-state index >= 15 is 0 Å². The molecule has 0 unspecified atom stereocenters. The minimum absolute atomic E-state index is 0.0668. The van der Waals surface area contributed by atoms with Gasteiger partial charge >= 0.3 is 0 Å². The van der Waals surface area contributed by atoms with Crippen LogP contribution in [0.3, 0.4) is 0 Å². The molecule has 0 saturated carbocycles. The minimum atomic E-state index is 0.0668. The lowest BCUT2D eigenvalue weighted by Gasteiger charge is -2.26. The van der Waals surface area contributed by atoms with Crippen molar-refractivity contribution in [1.29, 1.82) is 5.26 Å². The Bertz CT molecular complexity index is 1100. The molecule has 4 heteroatoms. The van der Waals surface area contributed by atoms with E-state index in [0.29, 0.717) is 19.0 Å². The SMILES string of the molecule is CC(C)N=C(NC#N)N(Cc1ccccc1)Cc1cccc(C#Cc2ccccc2)c1. The Kier molecular flexibility index (Phi) is 7.86. The fourth-order valence-electron chi connectivity index (χ4n) is 3.13. The number of benzene rings is 3. The van der Waals surface area contributed by atoms with Crippen LogP contribution in [0.15, 0.2) is 89.9 Å². The fourth-order valence-corrected chi connectivity index (χ4v) is 3.13. The van der Waals surface area contributed by atoms with E-state index in [9.17, 15) is 5.26 Å². The van der Waals surface area contributed by atoms with E-state index < -0.39 is 0 Å². The summed E-state index contributed by atoms with van der Waals surface area (Å²) in [4.78, 5) is 6.72. The summed E-state index contributed by atoms with van der Waals surface area (Å²) >= 11 is 0. The van der Waals surface area contributed by atoms with Gasteiger partial charge in [-0.1, -0.05) is 72.5 Å². The Balaban J connectivity index is 1.87. The molecule has 154 valence electrons. The van der Waals surface area contributed by atoms with Crippen molar-refractivity contribution in [3.63, 3.8) is 0 Å². The largest absolute Gasteiger partial charge is 0.334 e. The summed E-state index contributed by atoms with van der Waals surface area (Å²) in [6, 6.07) is 28.4. The zero-order valence-corrected chi connectivity index (χ0v) is 17.9. The summed E-state index contributed by atoms with van der Waals surface area (Å²) in [7, 11) is 0. The summed E-state index contributed by atoms with van der Waals surface area (Å²) in [6.45, 7) is 5.25. The maximum atomic E-state index is 9.27. The van der Waals surface area contributed by atoms with Crippen LogP contribution in [0.4, 0.5) is 0 Å². The van der Waals surface area contributed by atoms with Gasteiger partial charge in [-0.2, -0.15) is 5.26 Å². The topological polar surface area (TPSA) is 51.4 Å².